The predicted octanol–water partition coefficient (Wildman–Crippen LogP) is 2.92. The van der Waals surface area contributed by atoms with Crippen LogP contribution in [0.15, 0.2) is 24.3 Å². The van der Waals surface area contributed by atoms with Crippen LogP contribution >= 0.6 is 15.9 Å². The van der Waals surface area contributed by atoms with Gasteiger partial charge in [0.1, 0.15) is 0 Å². The fourth-order valence-corrected chi connectivity index (χ4v) is 2.52. The monoisotopic (exact) mass is 296 g/mol. The highest BCUT2D eigenvalue weighted by molar-refractivity contribution is 9.09. The maximum absolute atomic E-state index is 5.11. The maximum atomic E-state index is 5.11. The first-order valence-electron chi connectivity index (χ1n) is 5.76. The summed E-state index contributed by atoms with van der Waals surface area (Å²) < 4.78 is 7.06. The summed E-state index contributed by atoms with van der Waals surface area (Å²) in [6.07, 6.45) is 2.01. The number of rotatable bonds is 5. The van der Waals surface area contributed by atoms with Gasteiger partial charge in [-0.25, -0.2) is 0 Å². The molecule has 0 saturated carbocycles. The van der Waals surface area contributed by atoms with Gasteiger partial charge in [-0.3, -0.25) is 4.68 Å². The van der Waals surface area contributed by atoms with E-state index in [2.05, 4.69) is 39.2 Å². The van der Waals surface area contributed by atoms with E-state index in [-0.39, 0.29) is 0 Å². The van der Waals surface area contributed by atoms with Gasteiger partial charge in [-0.05, 0) is 18.9 Å². The first-order valence-corrected chi connectivity index (χ1v) is 6.67. The smallest absolute Gasteiger partial charge is 0.0703 e. The molecular weight excluding hydrogens is 280 g/mol. The van der Waals surface area contributed by atoms with Gasteiger partial charge in [0.05, 0.1) is 17.8 Å². The molecule has 1 aromatic heterocycles. The molecule has 0 amide bonds. The largest absolute Gasteiger partial charge is 0.384 e. The van der Waals surface area contributed by atoms with Crippen LogP contribution in [0.5, 0.6) is 0 Å². The van der Waals surface area contributed by atoms with Crippen LogP contribution in [-0.2, 0) is 18.2 Å². The van der Waals surface area contributed by atoms with Crippen LogP contribution in [-0.4, -0.2) is 28.3 Å². The van der Waals surface area contributed by atoms with E-state index in [9.17, 15) is 0 Å². The molecule has 1 atom stereocenters. The predicted molar refractivity (Wildman–Crippen MR) is 73.6 cm³/mol. The van der Waals surface area contributed by atoms with E-state index in [1.807, 2.05) is 17.8 Å². The Kier molecular flexibility index (Phi) is 4.18. The number of hydrogen-bond acceptors (Lipinski definition) is 2. The molecule has 0 aliphatic carbocycles. The molecule has 17 heavy (non-hydrogen) atoms. The summed E-state index contributed by atoms with van der Waals surface area (Å²) in [6, 6.07) is 8.35. The van der Waals surface area contributed by atoms with Crippen molar-refractivity contribution in [1.82, 2.24) is 9.78 Å². The molecule has 0 radical (unpaired) electrons. The molecule has 0 fully saturated rings. The van der Waals surface area contributed by atoms with Crippen molar-refractivity contribution in [3.63, 3.8) is 0 Å². The molecule has 0 spiro atoms. The van der Waals surface area contributed by atoms with Crippen LogP contribution in [0.1, 0.15) is 12.1 Å². The maximum Gasteiger partial charge on any atom is 0.0703 e. The van der Waals surface area contributed by atoms with Gasteiger partial charge < -0.3 is 4.74 Å². The molecule has 0 aliphatic rings. The number of alkyl halides is 1. The lowest BCUT2D eigenvalue weighted by atomic mass is 10.1. The lowest BCUT2D eigenvalue weighted by Gasteiger charge is -2.06. The molecule has 4 heteroatoms. The van der Waals surface area contributed by atoms with Crippen molar-refractivity contribution >= 4 is 26.8 Å². The number of halogens is 1. The van der Waals surface area contributed by atoms with Crippen molar-refractivity contribution in [1.29, 1.82) is 0 Å². The van der Waals surface area contributed by atoms with Crippen LogP contribution in [0, 0.1) is 0 Å². The van der Waals surface area contributed by atoms with Crippen LogP contribution in [0.2, 0.25) is 0 Å². The summed E-state index contributed by atoms with van der Waals surface area (Å²) in [4.78, 5) is 0.397. The molecule has 2 aromatic rings. The number of para-hydroxylation sites is 1. The second kappa shape index (κ2) is 5.65. The molecule has 92 valence electrons. The van der Waals surface area contributed by atoms with Gasteiger partial charge in [-0.1, -0.05) is 34.1 Å². The Morgan fingerprint density at radius 3 is 2.94 bits per heavy atom. The third kappa shape index (κ3) is 2.87. The average Bonchev–Trinajstić information content (AvgIpc) is 2.65. The molecule has 1 unspecified atom stereocenters. The quantitative estimate of drug-likeness (QED) is 0.793. The zero-order chi connectivity index (χ0) is 12.3. The zero-order valence-corrected chi connectivity index (χ0v) is 11.8. The van der Waals surface area contributed by atoms with Crippen LogP contribution in [0.4, 0.5) is 0 Å². The fourth-order valence-electron chi connectivity index (χ4n) is 2.03. The normalized spacial score (nSPS) is 13.1. The summed E-state index contributed by atoms with van der Waals surface area (Å²) in [5.41, 5.74) is 2.36. The Balaban J connectivity index is 2.13. The average molecular weight is 297 g/mol. The molecule has 1 aromatic carbocycles. The molecule has 1 heterocycles. The highest BCUT2D eigenvalue weighted by atomic mass is 79.9. The number of ether oxygens (including phenoxy) is 1. The minimum atomic E-state index is 0.397. The van der Waals surface area contributed by atoms with Crippen molar-refractivity contribution in [2.24, 2.45) is 7.05 Å². The lowest BCUT2D eigenvalue weighted by Crippen LogP contribution is -2.08. The zero-order valence-electron chi connectivity index (χ0n) is 10.2. The SMILES string of the molecule is COCC(Br)CCc1nn(C)c2ccccc12. The van der Waals surface area contributed by atoms with Crippen molar-refractivity contribution in [2.45, 2.75) is 17.7 Å². The van der Waals surface area contributed by atoms with Gasteiger partial charge in [-0.2, -0.15) is 5.10 Å². The molecule has 0 N–H and O–H groups in total. The lowest BCUT2D eigenvalue weighted by molar-refractivity contribution is 0.198. The Morgan fingerprint density at radius 1 is 1.41 bits per heavy atom. The minimum absolute atomic E-state index is 0.397. The first kappa shape index (κ1) is 12.6. The Labute approximate surface area is 110 Å². The van der Waals surface area contributed by atoms with E-state index >= 15 is 0 Å². The molecular formula is C13H17BrN2O. The van der Waals surface area contributed by atoms with Gasteiger partial charge >= 0.3 is 0 Å². The first-order chi connectivity index (χ1) is 8.22. The number of methoxy groups -OCH3 is 1. The van der Waals surface area contributed by atoms with Crippen molar-refractivity contribution < 1.29 is 4.74 Å². The van der Waals surface area contributed by atoms with E-state index in [0.29, 0.717) is 4.83 Å². The van der Waals surface area contributed by atoms with Crippen LogP contribution < -0.4 is 0 Å². The van der Waals surface area contributed by atoms with E-state index in [4.69, 9.17) is 4.74 Å². The molecule has 0 bridgehead atoms. The summed E-state index contributed by atoms with van der Waals surface area (Å²) in [5, 5.41) is 5.83. The highest BCUT2D eigenvalue weighted by Gasteiger charge is 2.10. The van der Waals surface area contributed by atoms with Crippen LogP contribution in [0.3, 0.4) is 0 Å². The third-order valence-corrected chi connectivity index (χ3v) is 3.60. The van der Waals surface area contributed by atoms with Gasteiger partial charge in [0.2, 0.25) is 0 Å². The van der Waals surface area contributed by atoms with Crippen molar-refractivity contribution in [2.75, 3.05) is 13.7 Å². The Bertz CT molecular complexity index is 495. The van der Waals surface area contributed by atoms with E-state index in [0.717, 1.165) is 19.4 Å². The third-order valence-electron chi connectivity index (χ3n) is 2.88. The van der Waals surface area contributed by atoms with Crippen molar-refractivity contribution in [3.05, 3.63) is 30.0 Å². The van der Waals surface area contributed by atoms with Gasteiger partial charge in [0.15, 0.2) is 0 Å². The standard InChI is InChI=1S/C13H17BrN2O/c1-16-13-6-4-3-5-11(13)12(15-16)8-7-10(14)9-17-2/h3-6,10H,7-9H2,1-2H3. The number of hydrogen-bond donors (Lipinski definition) is 0. The number of aryl methyl sites for hydroxylation is 2. The number of fused-ring (bicyclic) bond motifs is 1. The van der Waals surface area contributed by atoms with Crippen molar-refractivity contribution in [3.8, 4) is 0 Å². The molecule has 0 aliphatic heterocycles. The van der Waals surface area contributed by atoms with E-state index in [1.165, 1.54) is 16.6 Å². The molecule has 0 saturated heterocycles. The topological polar surface area (TPSA) is 27.1 Å². The summed E-state index contributed by atoms with van der Waals surface area (Å²) in [7, 11) is 3.72. The molecule has 3 nitrogen and oxygen atoms in total. The summed E-state index contributed by atoms with van der Waals surface area (Å²) in [6.45, 7) is 0.741. The fraction of sp³-hybridized carbons (Fsp3) is 0.462. The van der Waals surface area contributed by atoms with E-state index < -0.39 is 0 Å². The number of aromatic nitrogens is 2. The van der Waals surface area contributed by atoms with Gasteiger partial charge in [0.25, 0.3) is 0 Å². The Hall–Kier alpha value is -0.870. The summed E-state index contributed by atoms with van der Waals surface area (Å²) in [5.74, 6) is 0. The van der Waals surface area contributed by atoms with Gasteiger partial charge in [0, 0.05) is 24.4 Å². The number of benzene rings is 1. The second-order valence-electron chi connectivity index (χ2n) is 4.18. The highest BCUT2D eigenvalue weighted by Crippen LogP contribution is 2.20. The molecule has 2 rings (SSSR count). The van der Waals surface area contributed by atoms with E-state index in [1.54, 1.807) is 7.11 Å². The Morgan fingerprint density at radius 2 is 2.18 bits per heavy atom. The van der Waals surface area contributed by atoms with Gasteiger partial charge in [-0.15, -0.1) is 0 Å². The van der Waals surface area contributed by atoms with Crippen LogP contribution in [0.25, 0.3) is 10.9 Å². The number of nitrogens with zero attached hydrogens (tertiary/aromatic N) is 2. The second-order valence-corrected chi connectivity index (χ2v) is 5.47. The summed E-state index contributed by atoms with van der Waals surface area (Å²) >= 11 is 3.61. The minimum Gasteiger partial charge on any atom is -0.384 e.